The molecule has 4 aromatic rings. The summed E-state index contributed by atoms with van der Waals surface area (Å²) in [6.45, 7) is 0.471. The standard InChI is InChI=1S/C24H17F2N5O3S/c1-29-23-15-5-3-2-4-13(15)10-31(23)30-11-16(20(32)21(33)19(30)24(29)34)22-28-27-18(35-22)8-12-6-7-14(25)9-17(12)26/h2-7,9,11,23,33H,8,10H2,1H3/t23-/m0/s1. The van der Waals surface area contributed by atoms with Gasteiger partial charge in [-0.2, -0.15) is 0 Å². The average molecular weight is 493 g/mol. The number of rotatable bonds is 3. The minimum absolute atomic E-state index is 0.0643. The molecule has 0 saturated heterocycles. The molecule has 8 nitrogen and oxygen atoms in total. The third-order valence-corrected chi connectivity index (χ3v) is 7.29. The van der Waals surface area contributed by atoms with Crippen LogP contribution in [-0.2, 0) is 13.0 Å². The van der Waals surface area contributed by atoms with Crippen molar-refractivity contribution in [3.63, 3.8) is 0 Å². The molecule has 11 heteroatoms. The highest BCUT2D eigenvalue weighted by Gasteiger charge is 2.43. The first-order valence-electron chi connectivity index (χ1n) is 10.7. The fourth-order valence-corrected chi connectivity index (χ4v) is 5.51. The molecule has 0 bridgehead atoms. The number of aromatic nitrogens is 3. The average Bonchev–Trinajstić information content (AvgIpc) is 3.46. The Balaban J connectivity index is 1.43. The van der Waals surface area contributed by atoms with E-state index in [1.807, 2.05) is 29.3 Å². The van der Waals surface area contributed by atoms with Gasteiger partial charge in [-0.25, -0.2) is 8.78 Å². The van der Waals surface area contributed by atoms with Crippen molar-refractivity contribution in [3.8, 4) is 16.3 Å². The summed E-state index contributed by atoms with van der Waals surface area (Å²) in [6, 6.07) is 11.0. The van der Waals surface area contributed by atoms with Gasteiger partial charge in [0.2, 0.25) is 5.43 Å². The Kier molecular flexibility index (Phi) is 4.71. The van der Waals surface area contributed by atoms with Gasteiger partial charge in [-0.05, 0) is 17.2 Å². The second-order valence-electron chi connectivity index (χ2n) is 8.41. The van der Waals surface area contributed by atoms with Crippen molar-refractivity contribution in [1.82, 2.24) is 19.8 Å². The number of pyridine rings is 1. The summed E-state index contributed by atoms with van der Waals surface area (Å²) in [5.74, 6) is -2.52. The molecule has 0 saturated carbocycles. The van der Waals surface area contributed by atoms with Crippen LogP contribution in [0.2, 0.25) is 0 Å². The Morgan fingerprint density at radius 1 is 1.14 bits per heavy atom. The lowest BCUT2D eigenvalue weighted by molar-refractivity contribution is 0.0642. The van der Waals surface area contributed by atoms with E-state index in [9.17, 15) is 23.5 Å². The number of carbonyl (C=O) groups excluding carboxylic acids is 1. The number of hydrogen-bond donors (Lipinski definition) is 1. The first-order valence-corrected chi connectivity index (χ1v) is 11.5. The summed E-state index contributed by atoms with van der Waals surface area (Å²) < 4.78 is 28.8. The van der Waals surface area contributed by atoms with Gasteiger partial charge in [0.1, 0.15) is 22.8 Å². The molecule has 176 valence electrons. The van der Waals surface area contributed by atoms with Crippen LogP contribution in [0.5, 0.6) is 5.75 Å². The van der Waals surface area contributed by atoms with Crippen LogP contribution in [0.3, 0.4) is 0 Å². The topological polar surface area (TPSA) is 91.6 Å². The smallest absolute Gasteiger partial charge is 0.278 e. The molecular weight excluding hydrogens is 476 g/mol. The van der Waals surface area contributed by atoms with E-state index >= 15 is 0 Å². The molecule has 0 radical (unpaired) electrons. The second-order valence-corrected chi connectivity index (χ2v) is 9.48. The molecule has 0 fully saturated rings. The first kappa shape index (κ1) is 21.4. The molecule has 2 aliphatic rings. The summed E-state index contributed by atoms with van der Waals surface area (Å²) in [5.41, 5.74) is 1.44. The van der Waals surface area contributed by atoms with Gasteiger partial charge in [0.25, 0.3) is 5.91 Å². The van der Waals surface area contributed by atoms with Crippen molar-refractivity contribution in [2.75, 3.05) is 12.1 Å². The molecule has 6 rings (SSSR count). The third-order valence-electron chi connectivity index (χ3n) is 6.33. The number of halogens is 2. The fraction of sp³-hybridized carbons (Fsp3) is 0.167. The maximum Gasteiger partial charge on any atom is 0.278 e. The third kappa shape index (κ3) is 3.22. The van der Waals surface area contributed by atoms with Gasteiger partial charge in [0, 0.05) is 31.3 Å². The van der Waals surface area contributed by atoms with E-state index in [4.69, 9.17) is 0 Å². The molecule has 0 spiro atoms. The van der Waals surface area contributed by atoms with Crippen molar-refractivity contribution in [2.24, 2.45) is 0 Å². The van der Waals surface area contributed by atoms with Crippen LogP contribution in [0, 0.1) is 11.6 Å². The van der Waals surface area contributed by atoms with Crippen molar-refractivity contribution >= 4 is 17.2 Å². The second kappa shape index (κ2) is 7.70. The van der Waals surface area contributed by atoms with Crippen LogP contribution in [-0.4, -0.2) is 37.8 Å². The number of aromatic hydroxyl groups is 1. The van der Waals surface area contributed by atoms with E-state index < -0.39 is 34.9 Å². The highest BCUT2D eigenvalue weighted by Crippen LogP contribution is 2.40. The van der Waals surface area contributed by atoms with E-state index in [1.165, 1.54) is 21.8 Å². The number of hydrogen-bond acceptors (Lipinski definition) is 7. The number of amides is 1. The zero-order chi connectivity index (χ0) is 24.4. The van der Waals surface area contributed by atoms with Crippen LogP contribution in [0.4, 0.5) is 8.78 Å². The summed E-state index contributed by atoms with van der Waals surface area (Å²) in [7, 11) is 1.63. The molecule has 1 N–H and O–H groups in total. The summed E-state index contributed by atoms with van der Waals surface area (Å²) in [6.07, 6.45) is 1.16. The Bertz CT molecular complexity index is 1580. The lowest BCUT2D eigenvalue weighted by atomic mass is 10.1. The minimum Gasteiger partial charge on any atom is -0.502 e. The van der Waals surface area contributed by atoms with E-state index in [-0.39, 0.29) is 28.2 Å². The van der Waals surface area contributed by atoms with Crippen LogP contribution < -0.4 is 10.4 Å². The maximum atomic E-state index is 14.1. The Hall–Kier alpha value is -4.12. The highest BCUT2D eigenvalue weighted by atomic mass is 32.1. The van der Waals surface area contributed by atoms with Gasteiger partial charge in [-0.1, -0.05) is 41.7 Å². The SMILES string of the molecule is CN1C(=O)c2c(O)c(=O)c(-c3nnc(Cc4ccc(F)cc4F)s3)cn2N2Cc3ccccc3[C@@H]12. The van der Waals surface area contributed by atoms with Gasteiger partial charge in [0.15, 0.2) is 16.5 Å². The zero-order valence-electron chi connectivity index (χ0n) is 18.3. The lowest BCUT2D eigenvalue weighted by Crippen LogP contribution is -2.51. The van der Waals surface area contributed by atoms with Crippen LogP contribution in [0.15, 0.2) is 53.5 Å². The van der Waals surface area contributed by atoms with E-state index in [1.54, 1.807) is 7.05 Å². The van der Waals surface area contributed by atoms with E-state index in [0.717, 1.165) is 34.6 Å². The van der Waals surface area contributed by atoms with E-state index in [2.05, 4.69) is 10.2 Å². The lowest BCUT2D eigenvalue weighted by Gasteiger charge is -2.41. The number of benzene rings is 2. The number of fused-ring (bicyclic) bond motifs is 5. The molecule has 1 amide bonds. The van der Waals surface area contributed by atoms with Gasteiger partial charge >= 0.3 is 0 Å². The largest absolute Gasteiger partial charge is 0.502 e. The predicted molar refractivity (Wildman–Crippen MR) is 124 cm³/mol. The number of carbonyl (C=O) groups is 1. The first-order chi connectivity index (χ1) is 16.8. The molecule has 1 atom stereocenters. The minimum atomic E-state index is -0.746. The molecule has 4 heterocycles. The van der Waals surface area contributed by atoms with Crippen molar-refractivity contribution in [3.05, 3.63) is 97.9 Å². The van der Waals surface area contributed by atoms with Gasteiger partial charge < -0.3 is 10.0 Å². The van der Waals surface area contributed by atoms with Gasteiger partial charge in [-0.15, -0.1) is 10.2 Å². The van der Waals surface area contributed by atoms with Gasteiger partial charge in [-0.3, -0.25) is 19.3 Å². The Morgan fingerprint density at radius 2 is 1.94 bits per heavy atom. The van der Waals surface area contributed by atoms with Crippen molar-refractivity contribution in [2.45, 2.75) is 19.1 Å². The van der Waals surface area contributed by atoms with Gasteiger partial charge in [0.05, 0.1) is 12.1 Å². The Morgan fingerprint density at radius 3 is 2.74 bits per heavy atom. The van der Waals surface area contributed by atoms with Crippen LogP contribution in [0.1, 0.15) is 38.4 Å². The highest BCUT2D eigenvalue weighted by molar-refractivity contribution is 7.14. The Labute approximate surface area is 201 Å². The monoisotopic (exact) mass is 493 g/mol. The summed E-state index contributed by atoms with van der Waals surface area (Å²) in [4.78, 5) is 27.7. The maximum absolute atomic E-state index is 14.1. The molecule has 2 aliphatic heterocycles. The zero-order valence-corrected chi connectivity index (χ0v) is 19.1. The van der Waals surface area contributed by atoms with Crippen molar-refractivity contribution in [1.29, 1.82) is 0 Å². The quantitative estimate of drug-likeness (QED) is 0.472. The fourth-order valence-electron chi connectivity index (χ4n) is 4.64. The van der Waals surface area contributed by atoms with Crippen LogP contribution >= 0.6 is 11.3 Å². The summed E-state index contributed by atoms with van der Waals surface area (Å²) in [5, 5.41) is 21.4. The summed E-state index contributed by atoms with van der Waals surface area (Å²) >= 11 is 1.06. The molecule has 0 unspecified atom stereocenters. The predicted octanol–water partition coefficient (Wildman–Crippen LogP) is 3.18. The molecular formula is C24H17F2N5O3S. The molecule has 2 aromatic carbocycles. The van der Waals surface area contributed by atoms with Crippen molar-refractivity contribution < 1.29 is 18.7 Å². The molecule has 2 aromatic heterocycles. The van der Waals surface area contributed by atoms with Crippen LogP contribution in [0.25, 0.3) is 10.6 Å². The van der Waals surface area contributed by atoms with E-state index in [0.29, 0.717) is 11.6 Å². The molecule has 35 heavy (non-hydrogen) atoms. The molecule has 0 aliphatic carbocycles. The normalized spacial score (nSPS) is 16.3. The number of nitrogens with zero attached hydrogens (tertiary/aromatic N) is 5.